The number of Topliss-reactive ketones (excluding diaryl/α,β-unsaturated/α-hetero) is 1. The fourth-order valence-corrected chi connectivity index (χ4v) is 1.73. The molecule has 0 aromatic carbocycles. The molecule has 2 heterocycles. The topological polar surface area (TPSA) is 60.7 Å². The average Bonchev–Trinajstić information content (AvgIpc) is 2.84. The first-order valence-electron chi connectivity index (χ1n) is 4.53. The highest BCUT2D eigenvalue weighted by molar-refractivity contribution is 7.03. The van der Waals surface area contributed by atoms with E-state index in [0.717, 1.165) is 5.56 Å². The molecular formula is C9H10N4OS. The van der Waals surface area contributed by atoms with E-state index < -0.39 is 0 Å². The van der Waals surface area contributed by atoms with Crippen LogP contribution in [0.1, 0.15) is 22.5 Å². The van der Waals surface area contributed by atoms with Gasteiger partial charge in [-0.25, -0.2) is 0 Å². The Morgan fingerprint density at radius 2 is 2.47 bits per heavy atom. The van der Waals surface area contributed by atoms with Gasteiger partial charge in [0.2, 0.25) is 0 Å². The van der Waals surface area contributed by atoms with Gasteiger partial charge in [-0.05, 0) is 23.5 Å². The van der Waals surface area contributed by atoms with E-state index in [1.165, 1.54) is 11.5 Å². The fourth-order valence-electron chi connectivity index (χ4n) is 1.27. The second-order valence-corrected chi connectivity index (χ2v) is 3.85. The van der Waals surface area contributed by atoms with Gasteiger partial charge in [0.1, 0.15) is 5.69 Å². The van der Waals surface area contributed by atoms with E-state index in [1.54, 1.807) is 16.3 Å². The van der Waals surface area contributed by atoms with Crippen LogP contribution < -0.4 is 0 Å². The molecule has 0 N–H and O–H groups in total. The van der Waals surface area contributed by atoms with E-state index in [2.05, 4.69) is 14.7 Å². The zero-order valence-corrected chi connectivity index (χ0v) is 9.07. The van der Waals surface area contributed by atoms with Gasteiger partial charge in [-0.2, -0.15) is 5.10 Å². The van der Waals surface area contributed by atoms with Gasteiger partial charge in [-0.1, -0.05) is 4.49 Å². The summed E-state index contributed by atoms with van der Waals surface area (Å²) in [6, 6.07) is 0. The highest BCUT2D eigenvalue weighted by Gasteiger charge is 2.09. The molecule has 2 aromatic heterocycles. The lowest BCUT2D eigenvalue weighted by atomic mass is 10.1. The summed E-state index contributed by atoms with van der Waals surface area (Å²) in [6.45, 7) is 0. The molecule has 0 atom stereocenters. The summed E-state index contributed by atoms with van der Waals surface area (Å²) >= 11 is 1.20. The Kier molecular flexibility index (Phi) is 2.86. The molecule has 0 saturated carbocycles. The molecule has 0 saturated heterocycles. The predicted molar refractivity (Wildman–Crippen MR) is 55.8 cm³/mol. The maximum absolute atomic E-state index is 11.6. The van der Waals surface area contributed by atoms with Crippen molar-refractivity contribution in [1.82, 2.24) is 19.4 Å². The van der Waals surface area contributed by atoms with E-state index >= 15 is 0 Å². The molecule has 15 heavy (non-hydrogen) atoms. The number of aromatic nitrogens is 4. The van der Waals surface area contributed by atoms with Crippen LogP contribution in [0.2, 0.25) is 0 Å². The van der Waals surface area contributed by atoms with E-state index in [-0.39, 0.29) is 5.78 Å². The molecule has 0 spiro atoms. The van der Waals surface area contributed by atoms with Crippen molar-refractivity contribution in [2.24, 2.45) is 7.05 Å². The van der Waals surface area contributed by atoms with Gasteiger partial charge in [-0.15, -0.1) is 5.10 Å². The Hall–Kier alpha value is -1.56. The molecule has 2 rings (SSSR count). The molecule has 78 valence electrons. The van der Waals surface area contributed by atoms with Crippen molar-refractivity contribution in [2.75, 3.05) is 0 Å². The molecule has 0 fully saturated rings. The van der Waals surface area contributed by atoms with Crippen molar-refractivity contribution in [3.05, 3.63) is 29.0 Å². The molecule has 2 aromatic rings. The summed E-state index contributed by atoms with van der Waals surface area (Å²) in [5.74, 6) is 0.0348. The summed E-state index contributed by atoms with van der Waals surface area (Å²) < 4.78 is 5.38. The minimum Gasteiger partial charge on any atom is -0.292 e. The molecule has 0 aliphatic heterocycles. The monoisotopic (exact) mass is 222 g/mol. The number of carbonyl (C=O) groups is 1. The largest absolute Gasteiger partial charge is 0.292 e. The Labute approximate surface area is 90.9 Å². The van der Waals surface area contributed by atoms with Crippen molar-refractivity contribution in [3.63, 3.8) is 0 Å². The predicted octanol–water partition coefficient (Wildman–Crippen LogP) is 1.09. The van der Waals surface area contributed by atoms with Gasteiger partial charge in [0, 0.05) is 25.0 Å². The van der Waals surface area contributed by atoms with Crippen LogP contribution in [0.3, 0.4) is 0 Å². The van der Waals surface area contributed by atoms with Gasteiger partial charge in [-0.3, -0.25) is 9.48 Å². The quantitative estimate of drug-likeness (QED) is 0.726. The molecule has 0 bridgehead atoms. The number of rotatable bonds is 4. The molecule has 0 amide bonds. The van der Waals surface area contributed by atoms with Gasteiger partial charge in [0.15, 0.2) is 5.78 Å². The first-order chi connectivity index (χ1) is 7.25. The third-order valence-corrected chi connectivity index (χ3v) is 2.55. The number of aryl methyl sites for hydroxylation is 2. The minimum atomic E-state index is 0.0348. The number of ketones is 1. The van der Waals surface area contributed by atoms with E-state index in [4.69, 9.17) is 0 Å². The SMILES string of the molecule is Cn1cc(CCC(=O)c2csnn2)cn1. The van der Waals surface area contributed by atoms with Crippen LogP contribution in [0.5, 0.6) is 0 Å². The van der Waals surface area contributed by atoms with Crippen LogP contribution in [-0.4, -0.2) is 25.2 Å². The first-order valence-corrected chi connectivity index (χ1v) is 5.37. The van der Waals surface area contributed by atoms with Gasteiger partial charge in [0.25, 0.3) is 0 Å². The lowest BCUT2D eigenvalue weighted by Gasteiger charge is -1.94. The van der Waals surface area contributed by atoms with Crippen LogP contribution in [-0.2, 0) is 13.5 Å². The number of hydrogen-bond acceptors (Lipinski definition) is 5. The maximum Gasteiger partial charge on any atom is 0.184 e. The maximum atomic E-state index is 11.6. The van der Waals surface area contributed by atoms with Crippen molar-refractivity contribution in [1.29, 1.82) is 0 Å². The summed E-state index contributed by atoms with van der Waals surface area (Å²) in [4.78, 5) is 11.6. The molecule has 6 heteroatoms. The van der Waals surface area contributed by atoms with Crippen molar-refractivity contribution in [2.45, 2.75) is 12.8 Å². The number of nitrogens with zero attached hydrogens (tertiary/aromatic N) is 4. The highest BCUT2D eigenvalue weighted by Crippen LogP contribution is 2.06. The molecule has 0 unspecified atom stereocenters. The normalized spacial score (nSPS) is 10.5. The summed E-state index contributed by atoms with van der Waals surface area (Å²) in [5, 5.41) is 9.44. The van der Waals surface area contributed by atoms with Crippen LogP contribution in [0, 0.1) is 0 Å². The van der Waals surface area contributed by atoms with E-state index in [9.17, 15) is 4.79 Å². The van der Waals surface area contributed by atoms with Gasteiger partial charge >= 0.3 is 0 Å². The van der Waals surface area contributed by atoms with Crippen LogP contribution in [0.25, 0.3) is 0 Å². The third kappa shape index (κ3) is 2.47. The summed E-state index contributed by atoms with van der Waals surface area (Å²) in [5.41, 5.74) is 1.53. The van der Waals surface area contributed by atoms with Crippen LogP contribution in [0.4, 0.5) is 0 Å². The van der Waals surface area contributed by atoms with Gasteiger partial charge < -0.3 is 0 Å². The molecule has 5 nitrogen and oxygen atoms in total. The lowest BCUT2D eigenvalue weighted by Crippen LogP contribution is -2.01. The highest BCUT2D eigenvalue weighted by atomic mass is 32.1. The van der Waals surface area contributed by atoms with Gasteiger partial charge in [0.05, 0.1) is 6.20 Å². The molecule has 0 aliphatic carbocycles. The van der Waals surface area contributed by atoms with Crippen molar-refractivity contribution < 1.29 is 4.79 Å². The third-order valence-electron chi connectivity index (χ3n) is 2.04. The Morgan fingerprint density at radius 3 is 3.07 bits per heavy atom. The standard InChI is InChI=1S/C9H10N4OS/c1-13-5-7(4-10-13)2-3-9(14)8-6-15-12-11-8/h4-6H,2-3H2,1H3. The molecule has 0 aliphatic rings. The average molecular weight is 222 g/mol. The fraction of sp³-hybridized carbons (Fsp3) is 0.333. The zero-order valence-electron chi connectivity index (χ0n) is 8.25. The number of carbonyl (C=O) groups excluding carboxylic acids is 1. The van der Waals surface area contributed by atoms with E-state index in [0.29, 0.717) is 18.5 Å². The van der Waals surface area contributed by atoms with Crippen LogP contribution >= 0.6 is 11.5 Å². The van der Waals surface area contributed by atoms with E-state index in [1.807, 2.05) is 13.2 Å². The first kappa shape index (κ1) is 9.97. The van der Waals surface area contributed by atoms with Crippen molar-refractivity contribution in [3.8, 4) is 0 Å². The smallest absolute Gasteiger partial charge is 0.184 e. The number of hydrogen-bond donors (Lipinski definition) is 0. The van der Waals surface area contributed by atoms with Crippen LogP contribution in [0.15, 0.2) is 17.8 Å². The second kappa shape index (κ2) is 4.31. The Morgan fingerprint density at radius 1 is 1.60 bits per heavy atom. The Bertz CT molecular complexity index is 448. The lowest BCUT2D eigenvalue weighted by molar-refractivity contribution is 0.0978. The Balaban J connectivity index is 1.91. The van der Waals surface area contributed by atoms with Crippen molar-refractivity contribution >= 4 is 17.3 Å². The molecule has 0 radical (unpaired) electrons. The molecular weight excluding hydrogens is 212 g/mol. The summed E-state index contributed by atoms with van der Waals surface area (Å²) in [7, 11) is 1.86. The zero-order chi connectivity index (χ0) is 10.7. The minimum absolute atomic E-state index is 0.0348. The second-order valence-electron chi connectivity index (χ2n) is 3.24. The summed E-state index contributed by atoms with van der Waals surface area (Å²) in [6.07, 6.45) is 4.83.